The van der Waals surface area contributed by atoms with Gasteiger partial charge in [-0.2, -0.15) is 0 Å². The van der Waals surface area contributed by atoms with Gasteiger partial charge in [0.1, 0.15) is 27.3 Å². The van der Waals surface area contributed by atoms with Gasteiger partial charge in [-0.05, 0) is 61.4 Å². The molecule has 178 valence electrons. The van der Waals surface area contributed by atoms with Gasteiger partial charge in [-0.3, -0.25) is 4.90 Å². The van der Waals surface area contributed by atoms with E-state index in [1.807, 2.05) is 17.0 Å². The van der Waals surface area contributed by atoms with Crippen molar-refractivity contribution in [2.45, 2.75) is 43.7 Å². The SMILES string of the molecule is O=C(O)OC1CN(Cc2ccc(-c3nc4ccc(C5(C6CCOCC6)CC5)nc4s3)c(F)c2)C1. The maximum Gasteiger partial charge on any atom is 0.506 e. The summed E-state index contributed by atoms with van der Waals surface area (Å²) in [5, 5.41) is 9.30. The minimum atomic E-state index is -1.26. The molecule has 3 aromatic rings. The molecule has 0 radical (unpaired) electrons. The molecule has 0 amide bonds. The molecule has 1 saturated carbocycles. The molecule has 2 saturated heterocycles. The molecular weight excluding hydrogens is 457 g/mol. The maximum absolute atomic E-state index is 15.0. The Bertz CT molecular complexity index is 1230. The molecule has 6 rings (SSSR count). The van der Waals surface area contributed by atoms with Crippen molar-refractivity contribution in [3.05, 3.63) is 47.4 Å². The second-order valence-corrected chi connectivity index (χ2v) is 10.6. The first-order valence-corrected chi connectivity index (χ1v) is 12.6. The van der Waals surface area contributed by atoms with Gasteiger partial charge in [0.15, 0.2) is 0 Å². The van der Waals surface area contributed by atoms with Crippen molar-refractivity contribution in [3.63, 3.8) is 0 Å². The zero-order valence-corrected chi connectivity index (χ0v) is 19.5. The average molecular weight is 484 g/mol. The second kappa shape index (κ2) is 8.55. The van der Waals surface area contributed by atoms with E-state index >= 15 is 4.39 Å². The maximum atomic E-state index is 15.0. The van der Waals surface area contributed by atoms with Gasteiger partial charge >= 0.3 is 6.16 Å². The molecule has 0 spiro atoms. The van der Waals surface area contributed by atoms with Crippen molar-refractivity contribution >= 4 is 27.8 Å². The van der Waals surface area contributed by atoms with Gasteiger partial charge in [0.25, 0.3) is 0 Å². The standard InChI is InChI=1S/C25H26FN3O4S/c26-19-11-15(12-29-13-17(14-29)33-24(30)31)1-2-18(19)22-27-20-3-4-21(28-23(20)34-22)25(7-8-25)16-5-9-32-10-6-16/h1-4,11,16-17H,5-10,12-14H2,(H,30,31). The topological polar surface area (TPSA) is 84.8 Å². The Labute approximate surface area is 200 Å². The van der Waals surface area contributed by atoms with E-state index in [1.54, 1.807) is 6.07 Å². The molecule has 7 nitrogen and oxygen atoms in total. The number of ether oxygens (including phenoxy) is 2. The molecule has 34 heavy (non-hydrogen) atoms. The number of likely N-dealkylation sites (tertiary alicyclic amines) is 1. The summed E-state index contributed by atoms with van der Waals surface area (Å²) in [6.07, 6.45) is 2.98. The number of pyridine rings is 1. The zero-order valence-electron chi connectivity index (χ0n) is 18.7. The van der Waals surface area contributed by atoms with Gasteiger partial charge in [-0.15, -0.1) is 0 Å². The predicted octanol–water partition coefficient (Wildman–Crippen LogP) is 4.83. The van der Waals surface area contributed by atoms with Crippen LogP contribution in [0, 0.1) is 11.7 Å². The highest BCUT2D eigenvalue weighted by Gasteiger charge is 2.51. The first-order chi connectivity index (χ1) is 16.5. The van der Waals surface area contributed by atoms with Crippen LogP contribution in [-0.4, -0.2) is 58.5 Å². The number of nitrogens with zero attached hydrogens (tertiary/aromatic N) is 3. The molecule has 1 aromatic carbocycles. The number of carboxylic acid groups (broad SMARTS) is 1. The molecule has 0 bridgehead atoms. The lowest BCUT2D eigenvalue weighted by Gasteiger charge is -2.37. The fourth-order valence-corrected chi connectivity index (χ4v) is 6.39. The third-order valence-corrected chi connectivity index (χ3v) is 8.42. The number of halogens is 1. The van der Waals surface area contributed by atoms with E-state index in [0.717, 1.165) is 47.7 Å². The van der Waals surface area contributed by atoms with Gasteiger partial charge in [0.05, 0.1) is 0 Å². The van der Waals surface area contributed by atoms with E-state index in [2.05, 4.69) is 11.1 Å². The number of rotatable bonds is 6. The van der Waals surface area contributed by atoms with Crippen molar-refractivity contribution in [2.75, 3.05) is 26.3 Å². The Balaban J connectivity index is 1.18. The van der Waals surface area contributed by atoms with E-state index in [1.165, 1.54) is 30.2 Å². The molecule has 4 heterocycles. The molecular formula is C25H26FN3O4S. The van der Waals surface area contributed by atoms with Crippen LogP contribution in [-0.2, 0) is 21.4 Å². The van der Waals surface area contributed by atoms with Crippen LogP contribution in [0.1, 0.15) is 36.9 Å². The van der Waals surface area contributed by atoms with Crippen molar-refractivity contribution in [1.82, 2.24) is 14.9 Å². The summed E-state index contributed by atoms with van der Waals surface area (Å²) in [4.78, 5) is 23.1. The lowest BCUT2D eigenvalue weighted by Crippen LogP contribution is -2.52. The normalized spacial score (nSPS) is 20.9. The van der Waals surface area contributed by atoms with Crippen LogP contribution in [0.2, 0.25) is 0 Å². The second-order valence-electron chi connectivity index (χ2n) is 9.60. The smallest absolute Gasteiger partial charge is 0.450 e. The Hall–Kier alpha value is -2.62. The summed E-state index contributed by atoms with van der Waals surface area (Å²) < 4.78 is 25.3. The largest absolute Gasteiger partial charge is 0.506 e. The van der Waals surface area contributed by atoms with Gasteiger partial charge in [0.2, 0.25) is 0 Å². The summed E-state index contributed by atoms with van der Waals surface area (Å²) in [5.74, 6) is 0.317. The number of fused-ring (bicyclic) bond motifs is 1. The van der Waals surface area contributed by atoms with Crippen LogP contribution >= 0.6 is 11.3 Å². The number of aromatic nitrogens is 2. The summed E-state index contributed by atoms with van der Waals surface area (Å²) >= 11 is 1.44. The van der Waals surface area contributed by atoms with Crippen LogP contribution in [0.5, 0.6) is 0 Å². The minimum Gasteiger partial charge on any atom is -0.450 e. The summed E-state index contributed by atoms with van der Waals surface area (Å²) in [7, 11) is 0. The summed E-state index contributed by atoms with van der Waals surface area (Å²) in [6.45, 7) is 3.27. The highest BCUT2D eigenvalue weighted by Crippen LogP contribution is 2.56. The van der Waals surface area contributed by atoms with Gasteiger partial charge in [-0.1, -0.05) is 17.4 Å². The molecule has 0 atom stereocenters. The van der Waals surface area contributed by atoms with E-state index in [9.17, 15) is 4.79 Å². The summed E-state index contributed by atoms with van der Waals surface area (Å²) in [6, 6.07) is 9.36. The van der Waals surface area contributed by atoms with Crippen LogP contribution < -0.4 is 0 Å². The molecule has 1 N–H and O–H groups in total. The van der Waals surface area contributed by atoms with Gasteiger partial charge < -0.3 is 14.6 Å². The lowest BCUT2D eigenvalue weighted by molar-refractivity contribution is -0.0363. The predicted molar refractivity (Wildman–Crippen MR) is 125 cm³/mol. The van der Waals surface area contributed by atoms with E-state index in [0.29, 0.717) is 36.1 Å². The van der Waals surface area contributed by atoms with Crippen LogP contribution in [0.15, 0.2) is 30.3 Å². The Morgan fingerprint density at radius 1 is 1.21 bits per heavy atom. The molecule has 1 aliphatic carbocycles. The highest BCUT2D eigenvalue weighted by molar-refractivity contribution is 7.21. The quantitative estimate of drug-likeness (QED) is 0.503. The first-order valence-electron chi connectivity index (χ1n) is 11.8. The third-order valence-electron chi connectivity index (χ3n) is 7.42. The monoisotopic (exact) mass is 483 g/mol. The van der Waals surface area contributed by atoms with Gasteiger partial charge in [0, 0.05) is 49.5 Å². The zero-order chi connectivity index (χ0) is 23.3. The molecule has 3 fully saturated rings. The first kappa shape index (κ1) is 21.9. The number of benzene rings is 1. The van der Waals surface area contributed by atoms with Crippen LogP contribution in [0.25, 0.3) is 20.9 Å². The van der Waals surface area contributed by atoms with Crippen LogP contribution in [0.4, 0.5) is 9.18 Å². The Morgan fingerprint density at radius 2 is 2.00 bits per heavy atom. The van der Waals surface area contributed by atoms with E-state index in [4.69, 9.17) is 19.6 Å². The highest BCUT2D eigenvalue weighted by atomic mass is 32.1. The number of thiazole rings is 1. The third kappa shape index (κ3) is 4.06. The molecule has 2 aliphatic heterocycles. The molecule has 2 aromatic heterocycles. The van der Waals surface area contributed by atoms with Crippen LogP contribution in [0.3, 0.4) is 0 Å². The molecule has 3 aliphatic rings. The average Bonchev–Trinajstić information content (AvgIpc) is 3.51. The fourth-order valence-electron chi connectivity index (χ4n) is 5.43. The number of hydrogen-bond donors (Lipinski definition) is 1. The van der Waals surface area contributed by atoms with Crippen molar-refractivity contribution < 1.29 is 23.8 Å². The summed E-state index contributed by atoms with van der Waals surface area (Å²) in [5.41, 5.74) is 3.45. The fraction of sp³-hybridized carbons (Fsp3) is 0.480. The Morgan fingerprint density at radius 3 is 2.71 bits per heavy atom. The molecule has 0 unspecified atom stereocenters. The van der Waals surface area contributed by atoms with Crippen molar-refractivity contribution in [2.24, 2.45) is 5.92 Å². The lowest BCUT2D eigenvalue weighted by atomic mass is 9.80. The van der Waals surface area contributed by atoms with Crippen molar-refractivity contribution in [3.8, 4) is 10.6 Å². The number of carbonyl (C=O) groups is 1. The van der Waals surface area contributed by atoms with Crippen molar-refractivity contribution in [1.29, 1.82) is 0 Å². The Kier molecular flexibility index (Phi) is 5.50. The van der Waals surface area contributed by atoms with E-state index in [-0.39, 0.29) is 17.3 Å². The number of hydrogen-bond acceptors (Lipinski definition) is 7. The van der Waals surface area contributed by atoms with E-state index < -0.39 is 6.16 Å². The van der Waals surface area contributed by atoms with Gasteiger partial charge in [-0.25, -0.2) is 19.2 Å². The minimum absolute atomic E-state index is 0.181. The molecule has 9 heteroatoms.